The first-order chi connectivity index (χ1) is 16.0. The number of ether oxygens (including phenoxy) is 3. The Balaban J connectivity index is 1.87. The molecule has 1 heterocycles. The largest absolute Gasteiger partial charge is 0.497 e. The summed E-state index contributed by atoms with van der Waals surface area (Å²) < 4.78 is 16.2. The SMILES string of the molecule is COc1ccc(OC)c(NC2=C(c3ccccc3)C(=O)N(c3cc(C)ccc3OC)C2=O)c1. The number of hydrogen-bond acceptors (Lipinski definition) is 6. The van der Waals surface area contributed by atoms with E-state index in [9.17, 15) is 9.59 Å². The van der Waals surface area contributed by atoms with Gasteiger partial charge in [0.15, 0.2) is 0 Å². The fourth-order valence-corrected chi connectivity index (χ4v) is 3.76. The van der Waals surface area contributed by atoms with Crippen LogP contribution in [0.2, 0.25) is 0 Å². The van der Waals surface area contributed by atoms with Gasteiger partial charge in [0, 0.05) is 6.07 Å². The summed E-state index contributed by atoms with van der Waals surface area (Å²) in [5.41, 5.74) is 2.79. The van der Waals surface area contributed by atoms with Crippen molar-refractivity contribution in [2.24, 2.45) is 0 Å². The molecule has 3 aromatic carbocycles. The summed E-state index contributed by atoms with van der Waals surface area (Å²) in [5, 5.41) is 3.14. The highest BCUT2D eigenvalue weighted by Crippen LogP contribution is 2.39. The molecular formula is C26H24N2O5. The van der Waals surface area contributed by atoms with E-state index in [0.29, 0.717) is 34.2 Å². The Bertz CT molecular complexity index is 1250. The number of aryl methyl sites for hydroxylation is 1. The first-order valence-electron chi connectivity index (χ1n) is 10.3. The zero-order valence-corrected chi connectivity index (χ0v) is 18.8. The van der Waals surface area contributed by atoms with Gasteiger partial charge in [-0.3, -0.25) is 9.59 Å². The maximum Gasteiger partial charge on any atom is 0.282 e. The summed E-state index contributed by atoms with van der Waals surface area (Å²) in [4.78, 5) is 28.5. The second-order valence-electron chi connectivity index (χ2n) is 7.43. The van der Waals surface area contributed by atoms with Crippen LogP contribution in [0.15, 0.2) is 72.4 Å². The number of carbonyl (C=O) groups is 2. The van der Waals surface area contributed by atoms with Crippen LogP contribution in [0, 0.1) is 6.92 Å². The standard InChI is InChI=1S/C26H24N2O5/c1-16-10-12-22(33-4)20(14-16)28-25(29)23(17-8-6-5-7-9-17)24(26(28)30)27-19-15-18(31-2)11-13-21(19)32-3/h5-15,27H,1-4H3. The van der Waals surface area contributed by atoms with E-state index in [1.165, 1.54) is 14.2 Å². The molecule has 0 saturated heterocycles. The van der Waals surface area contributed by atoms with Crippen molar-refractivity contribution in [3.63, 3.8) is 0 Å². The van der Waals surface area contributed by atoms with Crippen molar-refractivity contribution in [2.75, 3.05) is 31.5 Å². The third-order valence-electron chi connectivity index (χ3n) is 5.39. The summed E-state index contributed by atoms with van der Waals surface area (Å²) in [6, 6.07) is 19.6. The second kappa shape index (κ2) is 9.08. The average Bonchev–Trinajstić information content (AvgIpc) is 3.08. The van der Waals surface area contributed by atoms with Gasteiger partial charge in [-0.2, -0.15) is 0 Å². The minimum Gasteiger partial charge on any atom is -0.497 e. The molecule has 0 aliphatic carbocycles. The molecular weight excluding hydrogens is 420 g/mol. The highest BCUT2D eigenvalue weighted by Gasteiger charge is 2.41. The van der Waals surface area contributed by atoms with Gasteiger partial charge in [0.2, 0.25) is 0 Å². The lowest BCUT2D eigenvalue weighted by molar-refractivity contribution is -0.120. The summed E-state index contributed by atoms with van der Waals surface area (Å²) in [6.45, 7) is 1.89. The smallest absolute Gasteiger partial charge is 0.282 e. The Morgan fingerprint density at radius 2 is 1.45 bits per heavy atom. The molecule has 0 saturated carbocycles. The molecule has 0 atom stereocenters. The van der Waals surface area contributed by atoms with Crippen molar-refractivity contribution in [1.82, 2.24) is 0 Å². The number of carbonyl (C=O) groups excluding carboxylic acids is 2. The summed E-state index contributed by atoms with van der Waals surface area (Å²) in [7, 11) is 4.59. The first kappa shape index (κ1) is 22.0. The molecule has 168 valence electrons. The van der Waals surface area contributed by atoms with Gasteiger partial charge in [-0.25, -0.2) is 4.90 Å². The van der Waals surface area contributed by atoms with Crippen LogP contribution in [0.1, 0.15) is 11.1 Å². The van der Waals surface area contributed by atoms with Crippen LogP contribution in [0.4, 0.5) is 11.4 Å². The lowest BCUT2D eigenvalue weighted by Crippen LogP contribution is -2.32. The maximum absolute atomic E-state index is 13.7. The van der Waals surface area contributed by atoms with E-state index in [1.807, 2.05) is 31.2 Å². The van der Waals surface area contributed by atoms with Crippen molar-refractivity contribution in [3.8, 4) is 17.2 Å². The number of benzene rings is 3. The molecule has 7 heteroatoms. The Hall–Kier alpha value is -4.26. The molecule has 3 aromatic rings. The van der Waals surface area contributed by atoms with Gasteiger partial charge in [0.25, 0.3) is 11.8 Å². The van der Waals surface area contributed by atoms with Crippen LogP contribution in [-0.4, -0.2) is 33.1 Å². The van der Waals surface area contributed by atoms with Gasteiger partial charge in [-0.15, -0.1) is 0 Å². The number of rotatable bonds is 7. The zero-order chi connectivity index (χ0) is 23.5. The molecule has 0 aromatic heterocycles. The van der Waals surface area contributed by atoms with Gasteiger partial charge in [-0.1, -0.05) is 36.4 Å². The number of anilines is 2. The second-order valence-corrected chi connectivity index (χ2v) is 7.43. The highest BCUT2D eigenvalue weighted by atomic mass is 16.5. The van der Waals surface area contributed by atoms with E-state index in [4.69, 9.17) is 14.2 Å². The van der Waals surface area contributed by atoms with Crippen LogP contribution in [0.25, 0.3) is 5.57 Å². The molecule has 0 fully saturated rings. The van der Waals surface area contributed by atoms with E-state index in [0.717, 1.165) is 10.5 Å². The molecule has 4 rings (SSSR count). The third kappa shape index (κ3) is 4.01. The summed E-state index contributed by atoms with van der Waals surface area (Å²) in [5.74, 6) is 0.568. The minimum atomic E-state index is -0.493. The molecule has 0 unspecified atom stereocenters. The molecule has 1 aliphatic heterocycles. The van der Waals surface area contributed by atoms with Crippen LogP contribution in [-0.2, 0) is 9.59 Å². The van der Waals surface area contributed by atoms with Gasteiger partial charge in [-0.05, 0) is 42.3 Å². The van der Waals surface area contributed by atoms with E-state index >= 15 is 0 Å². The van der Waals surface area contributed by atoms with Gasteiger partial charge >= 0.3 is 0 Å². The van der Waals surface area contributed by atoms with Crippen molar-refractivity contribution in [2.45, 2.75) is 6.92 Å². The normalized spacial score (nSPS) is 13.4. The van der Waals surface area contributed by atoms with Gasteiger partial charge < -0.3 is 19.5 Å². The van der Waals surface area contributed by atoms with E-state index in [-0.39, 0.29) is 11.3 Å². The summed E-state index contributed by atoms with van der Waals surface area (Å²) in [6.07, 6.45) is 0. The Labute approximate surface area is 192 Å². The van der Waals surface area contributed by atoms with Crippen molar-refractivity contribution < 1.29 is 23.8 Å². The quantitative estimate of drug-likeness (QED) is 0.544. The topological polar surface area (TPSA) is 77.1 Å². The van der Waals surface area contributed by atoms with Crippen molar-refractivity contribution in [1.29, 1.82) is 0 Å². The van der Waals surface area contributed by atoms with Gasteiger partial charge in [0.05, 0.1) is 38.3 Å². The summed E-state index contributed by atoms with van der Waals surface area (Å²) >= 11 is 0. The van der Waals surface area contributed by atoms with Crippen LogP contribution in [0.3, 0.4) is 0 Å². The van der Waals surface area contributed by atoms with E-state index in [1.54, 1.807) is 49.6 Å². The van der Waals surface area contributed by atoms with Crippen molar-refractivity contribution >= 4 is 28.8 Å². The number of methoxy groups -OCH3 is 3. The monoisotopic (exact) mass is 444 g/mol. The molecule has 1 aliphatic rings. The molecule has 0 spiro atoms. The molecule has 0 radical (unpaired) electrons. The van der Waals surface area contributed by atoms with Crippen LogP contribution >= 0.6 is 0 Å². The van der Waals surface area contributed by atoms with Gasteiger partial charge in [0.1, 0.15) is 22.9 Å². The van der Waals surface area contributed by atoms with Crippen LogP contribution in [0.5, 0.6) is 17.2 Å². The van der Waals surface area contributed by atoms with E-state index < -0.39 is 11.8 Å². The fraction of sp³-hybridized carbons (Fsp3) is 0.154. The first-order valence-corrected chi connectivity index (χ1v) is 10.3. The number of imide groups is 1. The predicted octanol–water partition coefficient (Wildman–Crippen LogP) is 4.42. The maximum atomic E-state index is 13.7. The molecule has 1 N–H and O–H groups in total. The molecule has 33 heavy (non-hydrogen) atoms. The Kier molecular flexibility index (Phi) is 6.04. The van der Waals surface area contributed by atoms with Crippen molar-refractivity contribution in [3.05, 3.63) is 83.6 Å². The minimum absolute atomic E-state index is 0.140. The van der Waals surface area contributed by atoms with E-state index in [2.05, 4.69) is 5.32 Å². The predicted molar refractivity (Wildman–Crippen MR) is 127 cm³/mol. The number of nitrogens with zero attached hydrogens (tertiary/aromatic N) is 1. The lowest BCUT2D eigenvalue weighted by Gasteiger charge is -2.19. The highest BCUT2D eigenvalue weighted by molar-refractivity contribution is 6.46. The Morgan fingerprint density at radius 1 is 0.758 bits per heavy atom. The number of amides is 2. The number of nitrogens with one attached hydrogen (secondary N) is 1. The molecule has 7 nitrogen and oxygen atoms in total. The molecule has 0 bridgehead atoms. The lowest BCUT2D eigenvalue weighted by atomic mass is 10.0. The molecule has 2 amide bonds. The Morgan fingerprint density at radius 3 is 2.12 bits per heavy atom. The third-order valence-corrected chi connectivity index (χ3v) is 5.39. The average molecular weight is 444 g/mol. The fourth-order valence-electron chi connectivity index (χ4n) is 3.76. The van der Waals surface area contributed by atoms with Crippen LogP contribution < -0.4 is 24.4 Å². The zero-order valence-electron chi connectivity index (χ0n) is 18.8. The number of hydrogen-bond donors (Lipinski definition) is 1.